The lowest BCUT2D eigenvalue weighted by atomic mass is 10.0. The molecule has 0 aromatic heterocycles. The van der Waals surface area contributed by atoms with E-state index in [-0.39, 0.29) is 6.10 Å². The van der Waals surface area contributed by atoms with Crippen LogP contribution in [0.1, 0.15) is 21.5 Å². The Labute approximate surface area is 199 Å². The zero-order valence-corrected chi connectivity index (χ0v) is 19.2. The molecule has 1 aliphatic heterocycles. The third kappa shape index (κ3) is 4.61. The Balaban J connectivity index is 1.30. The van der Waals surface area contributed by atoms with E-state index in [1.807, 2.05) is 37.3 Å². The molecule has 4 aromatic carbocycles. The van der Waals surface area contributed by atoms with Gasteiger partial charge in [0.2, 0.25) is 0 Å². The predicted octanol–water partition coefficient (Wildman–Crippen LogP) is 5.58. The van der Waals surface area contributed by atoms with Crippen LogP contribution in [0.5, 0.6) is 5.75 Å². The molecular formula is C29H28N2O3. The number of ether oxygens (including phenoxy) is 1. The summed E-state index contributed by atoms with van der Waals surface area (Å²) in [6.45, 7) is 4.12. The fraction of sp³-hybridized carbons (Fsp3) is 0.207. The third-order valence-corrected chi connectivity index (χ3v) is 6.28. The fourth-order valence-electron chi connectivity index (χ4n) is 4.69. The number of nitrogens with zero attached hydrogens (tertiary/aromatic N) is 1. The van der Waals surface area contributed by atoms with Crippen molar-refractivity contribution in [3.05, 3.63) is 102 Å². The van der Waals surface area contributed by atoms with Gasteiger partial charge in [-0.3, -0.25) is 0 Å². The van der Waals surface area contributed by atoms with Crippen molar-refractivity contribution >= 4 is 28.1 Å². The minimum Gasteiger partial charge on any atom is -0.485 e. The Kier molecular flexibility index (Phi) is 6.19. The van der Waals surface area contributed by atoms with Crippen LogP contribution >= 0.6 is 0 Å². The molecular weight excluding hydrogens is 424 g/mol. The molecule has 0 radical (unpaired) electrons. The van der Waals surface area contributed by atoms with E-state index in [0.29, 0.717) is 18.7 Å². The van der Waals surface area contributed by atoms with Gasteiger partial charge in [-0.05, 0) is 72.1 Å². The lowest BCUT2D eigenvalue weighted by Crippen LogP contribution is -2.43. The van der Waals surface area contributed by atoms with E-state index in [2.05, 4.69) is 52.7 Å². The predicted molar refractivity (Wildman–Crippen MR) is 137 cm³/mol. The highest BCUT2D eigenvalue weighted by molar-refractivity contribution is 5.90. The first kappa shape index (κ1) is 22.0. The van der Waals surface area contributed by atoms with E-state index in [1.165, 1.54) is 16.3 Å². The Hall–Kier alpha value is -3.83. The van der Waals surface area contributed by atoms with E-state index in [9.17, 15) is 9.90 Å². The van der Waals surface area contributed by atoms with E-state index in [1.54, 1.807) is 12.1 Å². The minimum atomic E-state index is -0.918. The van der Waals surface area contributed by atoms with Crippen LogP contribution in [0.25, 0.3) is 10.8 Å². The first-order valence-electron chi connectivity index (χ1n) is 11.6. The van der Waals surface area contributed by atoms with Crippen LogP contribution in [0.15, 0.2) is 84.9 Å². The summed E-state index contributed by atoms with van der Waals surface area (Å²) in [7, 11) is 0. The average molecular weight is 453 g/mol. The van der Waals surface area contributed by atoms with Crippen LogP contribution in [0, 0.1) is 6.92 Å². The van der Waals surface area contributed by atoms with Crippen molar-refractivity contribution in [3.63, 3.8) is 0 Å². The molecule has 0 unspecified atom stereocenters. The molecule has 0 saturated carbocycles. The topological polar surface area (TPSA) is 61.8 Å². The highest BCUT2D eigenvalue weighted by Crippen LogP contribution is 2.38. The number of anilines is 2. The second kappa shape index (κ2) is 9.57. The Morgan fingerprint density at radius 1 is 1.03 bits per heavy atom. The standard InChI is InChI=1S/C29H28N2O3/c1-20-15-23(29(32)33)17-24(16-20)31-19-25(34-28-12-5-4-11-27(28)31)18-30-14-13-22-9-6-8-21-7-2-3-10-26(21)22/h2-12,15-17,25,30H,13-14,18-19H2,1H3,(H,32,33)/t25-/m1/s1. The van der Waals surface area contributed by atoms with Crippen molar-refractivity contribution in [1.82, 2.24) is 5.32 Å². The Bertz CT molecular complexity index is 1330. The summed E-state index contributed by atoms with van der Waals surface area (Å²) < 4.78 is 6.29. The maximum Gasteiger partial charge on any atom is 0.335 e. The highest BCUT2D eigenvalue weighted by atomic mass is 16.5. The zero-order valence-electron chi connectivity index (χ0n) is 19.2. The van der Waals surface area contributed by atoms with Crippen LogP contribution in [-0.4, -0.2) is 36.8 Å². The molecule has 1 heterocycles. The number of carbonyl (C=O) groups is 1. The van der Waals surface area contributed by atoms with Crippen molar-refractivity contribution in [3.8, 4) is 5.75 Å². The van der Waals surface area contributed by atoms with Gasteiger partial charge in [-0.25, -0.2) is 4.79 Å². The lowest BCUT2D eigenvalue weighted by molar-refractivity contribution is 0.0697. The number of aromatic carboxylic acids is 1. The molecule has 5 rings (SSSR count). The van der Waals surface area contributed by atoms with E-state index in [0.717, 1.165) is 35.7 Å². The van der Waals surface area contributed by atoms with Crippen molar-refractivity contribution in [2.24, 2.45) is 0 Å². The van der Waals surface area contributed by atoms with Gasteiger partial charge < -0.3 is 20.1 Å². The molecule has 5 nitrogen and oxygen atoms in total. The van der Waals surface area contributed by atoms with Gasteiger partial charge in [0.1, 0.15) is 11.9 Å². The van der Waals surface area contributed by atoms with E-state index >= 15 is 0 Å². The summed E-state index contributed by atoms with van der Waals surface area (Å²) in [5.74, 6) is -0.105. The molecule has 2 N–H and O–H groups in total. The molecule has 34 heavy (non-hydrogen) atoms. The highest BCUT2D eigenvalue weighted by Gasteiger charge is 2.27. The molecule has 0 fully saturated rings. The maximum atomic E-state index is 11.6. The first-order valence-corrected chi connectivity index (χ1v) is 11.6. The monoisotopic (exact) mass is 452 g/mol. The number of carboxylic acids is 1. The van der Waals surface area contributed by atoms with Gasteiger partial charge in [-0.2, -0.15) is 0 Å². The van der Waals surface area contributed by atoms with Gasteiger partial charge in [0.25, 0.3) is 0 Å². The number of rotatable bonds is 7. The first-order chi connectivity index (χ1) is 16.6. The summed E-state index contributed by atoms with van der Waals surface area (Å²) in [6.07, 6.45) is 0.880. The third-order valence-electron chi connectivity index (χ3n) is 6.28. The molecule has 0 bridgehead atoms. The number of fused-ring (bicyclic) bond motifs is 2. The van der Waals surface area contributed by atoms with Gasteiger partial charge >= 0.3 is 5.97 Å². The fourth-order valence-corrected chi connectivity index (χ4v) is 4.69. The molecule has 0 amide bonds. The van der Waals surface area contributed by atoms with Gasteiger partial charge in [0.15, 0.2) is 0 Å². The SMILES string of the molecule is Cc1cc(C(=O)O)cc(N2C[C@@H](CNCCc3cccc4ccccc34)Oc3ccccc32)c1. The molecule has 1 aliphatic rings. The van der Waals surface area contributed by atoms with Gasteiger partial charge in [0.05, 0.1) is 17.8 Å². The van der Waals surface area contributed by atoms with Crippen LogP contribution in [0.4, 0.5) is 11.4 Å². The lowest BCUT2D eigenvalue weighted by Gasteiger charge is -2.36. The number of para-hydroxylation sites is 2. The summed E-state index contributed by atoms with van der Waals surface area (Å²) in [5.41, 5.74) is 4.38. The van der Waals surface area contributed by atoms with Crippen LogP contribution in [0.3, 0.4) is 0 Å². The zero-order chi connectivity index (χ0) is 23.5. The number of hydrogen-bond acceptors (Lipinski definition) is 4. The van der Waals surface area contributed by atoms with E-state index < -0.39 is 5.97 Å². The Morgan fingerprint density at radius 3 is 2.71 bits per heavy atom. The van der Waals surface area contributed by atoms with E-state index in [4.69, 9.17) is 4.74 Å². The van der Waals surface area contributed by atoms with Crippen molar-refractivity contribution < 1.29 is 14.6 Å². The van der Waals surface area contributed by atoms with Crippen molar-refractivity contribution in [2.45, 2.75) is 19.4 Å². The second-order valence-electron chi connectivity index (χ2n) is 8.77. The Morgan fingerprint density at radius 2 is 1.82 bits per heavy atom. The molecule has 172 valence electrons. The largest absolute Gasteiger partial charge is 0.485 e. The van der Waals surface area contributed by atoms with Crippen LogP contribution in [0.2, 0.25) is 0 Å². The summed E-state index contributed by atoms with van der Waals surface area (Å²) in [6, 6.07) is 28.3. The second-order valence-corrected chi connectivity index (χ2v) is 8.77. The number of nitrogens with one attached hydrogen (secondary N) is 1. The number of hydrogen-bond donors (Lipinski definition) is 2. The number of benzene rings is 4. The summed E-state index contributed by atoms with van der Waals surface area (Å²) >= 11 is 0. The smallest absolute Gasteiger partial charge is 0.335 e. The van der Waals surface area contributed by atoms with Gasteiger partial charge in [-0.1, -0.05) is 54.6 Å². The molecule has 5 heteroatoms. The average Bonchev–Trinajstić information content (AvgIpc) is 2.85. The van der Waals surface area contributed by atoms with Crippen molar-refractivity contribution in [1.29, 1.82) is 0 Å². The van der Waals surface area contributed by atoms with Gasteiger partial charge in [-0.15, -0.1) is 0 Å². The molecule has 0 spiro atoms. The number of carboxylic acid groups (broad SMARTS) is 1. The summed E-state index contributed by atoms with van der Waals surface area (Å²) in [5, 5.41) is 15.7. The van der Waals surface area contributed by atoms with Crippen molar-refractivity contribution in [2.75, 3.05) is 24.5 Å². The maximum absolute atomic E-state index is 11.6. The molecule has 4 aromatic rings. The van der Waals surface area contributed by atoms with Crippen LogP contribution in [-0.2, 0) is 6.42 Å². The minimum absolute atomic E-state index is 0.0591. The normalized spacial score (nSPS) is 15.1. The van der Waals surface area contributed by atoms with Gasteiger partial charge in [0, 0.05) is 12.2 Å². The molecule has 1 atom stereocenters. The van der Waals surface area contributed by atoms with Crippen LogP contribution < -0.4 is 15.0 Å². The number of aryl methyl sites for hydroxylation is 1. The quantitative estimate of drug-likeness (QED) is 0.359. The summed E-state index contributed by atoms with van der Waals surface area (Å²) in [4.78, 5) is 13.8. The molecule has 0 saturated heterocycles. The molecule has 0 aliphatic carbocycles.